The molecule has 0 spiro atoms. The number of ether oxygens (including phenoxy) is 3. The van der Waals surface area contributed by atoms with Crippen molar-refractivity contribution in [3.8, 4) is 0 Å². The summed E-state index contributed by atoms with van der Waals surface area (Å²) in [7, 11) is 0.896. The summed E-state index contributed by atoms with van der Waals surface area (Å²) >= 11 is 0. The molecule has 1 saturated heterocycles. The number of halogens is 3. The number of methoxy groups -OCH3 is 1. The van der Waals surface area contributed by atoms with Crippen LogP contribution in [0.4, 0.5) is 13.2 Å². The summed E-state index contributed by atoms with van der Waals surface area (Å²) in [5, 5.41) is 5.41. The van der Waals surface area contributed by atoms with Gasteiger partial charge in [-0.25, -0.2) is 9.59 Å². The van der Waals surface area contributed by atoms with Gasteiger partial charge in [0.25, 0.3) is 5.72 Å². The predicted octanol–water partition coefficient (Wildman–Crippen LogP) is 2.85. The zero-order valence-electron chi connectivity index (χ0n) is 20.1. The minimum atomic E-state index is -5.06. The molecule has 0 bridgehead atoms. The van der Waals surface area contributed by atoms with Crippen LogP contribution in [-0.2, 0) is 23.8 Å². The van der Waals surface area contributed by atoms with Crippen LogP contribution in [-0.4, -0.2) is 61.1 Å². The van der Waals surface area contributed by atoms with Gasteiger partial charge in [-0.3, -0.25) is 4.79 Å². The average Bonchev–Trinajstić information content (AvgIpc) is 2.83. The van der Waals surface area contributed by atoms with Crippen LogP contribution in [0.15, 0.2) is 35.4 Å². The summed E-state index contributed by atoms with van der Waals surface area (Å²) in [6.07, 6.45) is -8.54. The van der Waals surface area contributed by atoms with Gasteiger partial charge in [-0.05, 0) is 35.1 Å². The Hall–Kier alpha value is -3.35. The number of rotatable bonds is 8. The average molecular weight is 515 g/mol. The fraction of sp³-hybridized carbons (Fsp3) is 0.591. The maximum Gasteiger partial charge on any atom is 0.396 e. The second kappa shape index (κ2) is 11.6. The molecule has 3 N–H and O–H groups in total. The Morgan fingerprint density at radius 1 is 1.31 bits per heavy atom. The van der Waals surface area contributed by atoms with E-state index in [1.165, 1.54) is 19.1 Å². The SMILES string of the molecule is CC[C@@H](C)[C@@H](OC(=O)c1ccccc1)C1O[C@](N=[N+]=[N-])(C(=O)OC)C(N)[C@H](NC(C)=O)[C@H]1C(F)(F)F. The largest absolute Gasteiger partial charge is 0.467 e. The van der Waals surface area contributed by atoms with Crippen molar-refractivity contribution in [1.29, 1.82) is 0 Å². The molecular formula is C22H28F3N5O6. The molecule has 0 aromatic heterocycles. The summed E-state index contributed by atoms with van der Waals surface area (Å²) in [6, 6.07) is 3.53. The first kappa shape index (κ1) is 28.9. The molecule has 1 fully saturated rings. The molecule has 7 atom stereocenters. The minimum Gasteiger partial charge on any atom is -0.467 e. The first-order chi connectivity index (χ1) is 16.8. The molecule has 0 radical (unpaired) electrons. The summed E-state index contributed by atoms with van der Waals surface area (Å²) in [4.78, 5) is 40.0. The van der Waals surface area contributed by atoms with Crippen molar-refractivity contribution in [3.63, 3.8) is 0 Å². The number of carbonyl (C=O) groups excluding carboxylic acids is 3. The highest BCUT2D eigenvalue weighted by atomic mass is 19.4. The molecule has 1 aromatic rings. The van der Waals surface area contributed by atoms with E-state index in [1.807, 2.05) is 0 Å². The Morgan fingerprint density at radius 3 is 2.39 bits per heavy atom. The zero-order valence-corrected chi connectivity index (χ0v) is 20.1. The molecule has 1 amide bonds. The molecule has 11 nitrogen and oxygen atoms in total. The van der Waals surface area contributed by atoms with Gasteiger partial charge in [-0.15, -0.1) is 0 Å². The van der Waals surface area contributed by atoms with Gasteiger partial charge in [0.2, 0.25) is 5.91 Å². The number of nitrogens with zero attached hydrogens (tertiary/aromatic N) is 3. The van der Waals surface area contributed by atoms with E-state index in [2.05, 4.69) is 20.1 Å². The van der Waals surface area contributed by atoms with Crippen LogP contribution in [0.3, 0.4) is 0 Å². The zero-order chi connectivity index (χ0) is 27.3. The summed E-state index contributed by atoms with van der Waals surface area (Å²) < 4.78 is 59.3. The smallest absolute Gasteiger partial charge is 0.396 e. The van der Waals surface area contributed by atoms with Crippen LogP contribution in [0.25, 0.3) is 10.4 Å². The number of nitrogens with two attached hydrogens (primary N) is 1. The molecule has 1 aromatic carbocycles. The van der Waals surface area contributed by atoms with Gasteiger partial charge in [0, 0.05) is 11.8 Å². The highest BCUT2D eigenvalue weighted by Gasteiger charge is 2.66. The lowest BCUT2D eigenvalue weighted by atomic mass is 9.76. The minimum absolute atomic E-state index is 0.0644. The van der Waals surface area contributed by atoms with E-state index >= 15 is 0 Å². The van der Waals surface area contributed by atoms with Gasteiger partial charge in [0.05, 0.1) is 24.8 Å². The molecule has 2 unspecified atom stereocenters. The lowest BCUT2D eigenvalue weighted by Gasteiger charge is -2.51. The molecule has 0 saturated carbocycles. The second-order valence-corrected chi connectivity index (χ2v) is 8.40. The second-order valence-electron chi connectivity index (χ2n) is 8.40. The number of benzene rings is 1. The van der Waals surface area contributed by atoms with Gasteiger partial charge < -0.3 is 25.3 Å². The lowest BCUT2D eigenvalue weighted by Crippen LogP contribution is -2.75. The number of esters is 2. The first-order valence-corrected chi connectivity index (χ1v) is 11.0. The van der Waals surface area contributed by atoms with Gasteiger partial charge in [-0.1, -0.05) is 32.0 Å². The van der Waals surface area contributed by atoms with E-state index in [0.717, 1.165) is 14.0 Å². The van der Waals surface area contributed by atoms with Crippen molar-refractivity contribution in [2.24, 2.45) is 22.7 Å². The monoisotopic (exact) mass is 515 g/mol. The number of carbonyl (C=O) groups is 3. The number of hydrogen-bond acceptors (Lipinski definition) is 8. The van der Waals surface area contributed by atoms with E-state index in [9.17, 15) is 27.6 Å². The van der Waals surface area contributed by atoms with Crippen molar-refractivity contribution >= 4 is 17.8 Å². The van der Waals surface area contributed by atoms with Gasteiger partial charge in [0.15, 0.2) is 0 Å². The number of amides is 1. The van der Waals surface area contributed by atoms with E-state index in [0.29, 0.717) is 0 Å². The molecule has 2 rings (SSSR count). The third-order valence-electron chi connectivity index (χ3n) is 6.10. The normalized spacial score (nSPS) is 27.7. The summed E-state index contributed by atoms with van der Waals surface area (Å²) in [5.74, 6) is -6.51. The number of hydrogen-bond donors (Lipinski definition) is 2. The number of alkyl halides is 3. The molecule has 0 aliphatic carbocycles. The molecular weight excluding hydrogens is 487 g/mol. The fourth-order valence-corrected chi connectivity index (χ4v) is 4.14. The number of azide groups is 1. The van der Waals surface area contributed by atoms with E-state index in [-0.39, 0.29) is 12.0 Å². The van der Waals surface area contributed by atoms with Crippen LogP contribution in [0, 0.1) is 11.8 Å². The third-order valence-corrected chi connectivity index (χ3v) is 6.10. The van der Waals surface area contributed by atoms with Gasteiger partial charge >= 0.3 is 18.1 Å². The molecule has 1 heterocycles. The molecule has 14 heteroatoms. The van der Waals surface area contributed by atoms with Crippen LogP contribution in [0.5, 0.6) is 0 Å². The highest BCUT2D eigenvalue weighted by molar-refractivity contribution is 5.89. The lowest BCUT2D eigenvalue weighted by molar-refractivity contribution is -0.285. The Bertz CT molecular complexity index is 1000. The quantitative estimate of drug-likeness (QED) is 0.232. The van der Waals surface area contributed by atoms with Crippen molar-refractivity contribution in [3.05, 3.63) is 46.3 Å². The van der Waals surface area contributed by atoms with E-state index in [1.54, 1.807) is 25.1 Å². The van der Waals surface area contributed by atoms with E-state index < -0.39 is 65.9 Å². The van der Waals surface area contributed by atoms with Crippen molar-refractivity contribution < 1.29 is 41.8 Å². The Balaban J connectivity index is 2.74. The molecule has 1 aliphatic rings. The van der Waals surface area contributed by atoms with Crippen LogP contribution < -0.4 is 11.1 Å². The highest BCUT2D eigenvalue weighted by Crippen LogP contribution is 2.45. The maximum absolute atomic E-state index is 14.5. The topological polar surface area (TPSA) is 166 Å². The molecule has 36 heavy (non-hydrogen) atoms. The predicted molar refractivity (Wildman–Crippen MR) is 119 cm³/mol. The van der Waals surface area contributed by atoms with Crippen molar-refractivity contribution in [2.75, 3.05) is 7.11 Å². The Kier molecular flexibility index (Phi) is 9.30. The summed E-state index contributed by atoms with van der Waals surface area (Å²) in [6.45, 7) is 4.13. The van der Waals surface area contributed by atoms with Crippen LogP contribution in [0.1, 0.15) is 37.6 Å². The van der Waals surface area contributed by atoms with Gasteiger partial charge in [0.1, 0.15) is 18.1 Å². The third kappa shape index (κ3) is 5.89. The molecule has 1 aliphatic heterocycles. The van der Waals surface area contributed by atoms with Gasteiger partial charge in [-0.2, -0.15) is 13.2 Å². The van der Waals surface area contributed by atoms with Crippen molar-refractivity contribution in [1.82, 2.24) is 5.32 Å². The van der Waals surface area contributed by atoms with Crippen molar-refractivity contribution in [2.45, 2.75) is 63.4 Å². The Morgan fingerprint density at radius 2 is 1.92 bits per heavy atom. The first-order valence-electron chi connectivity index (χ1n) is 11.0. The number of nitrogens with one attached hydrogen (secondary N) is 1. The van der Waals surface area contributed by atoms with E-state index in [4.69, 9.17) is 20.7 Å². The maximum atomic E-state index is 14.5. The summed E-state index contributed by atoms with van der Waals surface area (Å²) in [5.41, 5.74) is 12.4. The van der Waals surface area contributed by atoms with Crippen LogP contribution in [0.2, 0.25) is 0 Å². The fourth-order valence-electron chi connectivity index (χ4n) is 4.14. The van der Waals surface area contributed by atoms with Crippen LogP contribution >= 0.6 is 0 Å². The standard InChI is InChI=1S/C22H28F3N5O6/c1-5-11(2)16(35-19(32)13-9-7-6-8-10-13)17-14(22(23,24)25)15(28-12(3)31)18(26)21(36-17,29-30-27)20(33)34-4/h6-11,14-18H,5,26H2,1-4H3,(H,28,31)/t11-,14-,15-,16-,17?,18?,21+/m1/s1. The Labute approximate surface area is 205 Å². The molecule has 198 valence electrons.